The van der Waals surface area contributed by atoms with Gasteiger partial charge in [-0.1, -0.05) is 12.8 Å². The zero-order chi connectivity index (χ0) is 17.8. The van der Waals surface area contributed by atoms with Crippen molar-refractivity contribution in [3.8, 4) is 22.8 Å². The average Bonchev–Trinajstić information content (AvgIpc) is 2.87. The van der Waals surface area contributed by atoms with Crippen LogP contribution in [0.5, 0.6) is 11.5 Å². The number of aromatic nitrogens is 1. The second-order valence-electron chi connectivity index (χ2n) is 6.58. The van der Waals surface area contributed by atoms with Crippen LogP contribution >= 0.6 is 0 Å². The fourth-order valence-electron chi connectivity index (χ4n) is 3.50. The normalized spacial score (nSPS) is 11.3. The van der Waals surface area contributed by atoms with Gasteiger partial charge < -0.3 is 20.5 Å². The molecule has 25 heavy (non-hydrogen) atoms. The number of phenols is 2. The van der Waals surface area contributed by atoms with Crippen LogP contribution in [0.1, 0.15) is 31.2 Å². The van der Waals surface area contributed by atoms with Gasteiger partial charge in [0.2, 0.25) is 0 Å². The molecule has 0 bridgehead atoms. The van der Waals surface area contributed by atoms with Crippen molar-refractivity contribution in [1.29, 1.82) is 0 Å². The van der Waals surface area contributed by atoms with Crippen LogP contribution in [0.4, 0.5) is 0 Å². The summed E-state index contributed by atoms with van der Waals surface area (Å²) < 4.78 is 2.33. The van der Waals surface area contributed by atoms with Crippen molar-refractivity contribution in [2.45, 2.75) is 39.2 Å². The van der Waals surface area contributed by atoms with Gasteiger partial charge >= 0.3 is 0 Å². The Morgan fingerprint density at radius 3 is 2.28 bits per heavy atom. The molecular formula is C21H26N2O2. The van der Waals surface area contributed by atoms with Crippen LogP contribution < -0.4 is 5.73 Å². The molecule has 0 fully saturated rings. The van der Waals surface area contributed by atoms with E-state index in [9.17, 15) is 10.2 Å². The van der Waals surface area contributed by atoms with Crippen LogP contribution in [0.15, 0.2) is 42.5 Å². The van der Waals surface area contributed by atoms with Gasteiger partial charge in [-0.3, -0.25) is 0 Å². The molecule has 3 rings (SSSR count). The molecule has 0 amide bonds. The molecule has 132 valence electrons. The molecule has 0 aliphatic carbocycles. The summed E-state index contributed by atoms with van der Waals surface area (Å²) in [6, 6.07) is 12.9. The van der Waals surface area contributed by atoms with E-state index >= 15 is 0 Å². The van der Waals surface area contributed by atoms with Gasteiger partial charge in [-0.2, -0.15) is 0 Å². The number of aromatic hydroxyl groups is 2. The molecule has 0 spiro atoms. The van der Waals surface area contributed by atoms with Gasteiger partial charge in [0.15, 0.2) is 0 Å². The highest BCUT2D eigenvalue weighted by atomic mass is 16.3. The highest BCUT2D eigenvalue weighted by Gasteiger charge is 2.16. The second-order valence-corrected chi connectivity index (χ2v) is 6.58. The Morgan fingerprint density at radius 1 is 0.880 bits per heavy atom. The average molecular weight is 338 g/mol. The van der Waals surface area contributed by atoms with Gasteiger partial charge in [0.05, 0.1) is 5.69 Å². The maximum atomic E-state index is 9.88. The van der Waals surface area contributed by atoms with E-state index in [1.807, 2.05) is 24.3 Å². The quantitative estimate of drug-likeness (QED) is 0.554. The predicted octanol–water partition coefficient (Wildman–Crippen LogP) is 4.55. The minimum atomic E-state index is 0.267. The lowest BCUT2D eigenvalue weighted by Crippen LogP contribution is -2.02. The number of fused-ring (bicyclic) bond motifs is 1. The van der Waals surface area contributed by atoms with Crippen LogP contribution in [-0.4, -0.2) is 21.3 Å². The molecule has 0 aliphatic heterocycles. The van der Waals surface area contributed by atoms with Crippen molar-refractivity contribution in [3.05, 3.63) is 48.0 Å². The van der Waals surface area contributed by atoms with Gasteiger partial charge in [0.1, 0.15) is 11.5 Å². The first-order valence-corrected chi connectivity index (χ1v) is 8.93. The van der Waals surface area contributed by atoms with Gasteiger partial charge in [-0.05, 0) is 79.9 Å². The monoisotopic (exact) mass is 338 g/mol. The lowest BCUT2D eigenvalue weighted by atomic mass is 10.1. The number of phenolic OH excluding ortho intramolecular Hbond substituents is 2. The van der Waals surface area contributed by atoms with E-state index in [1.165, 1.54) is 0 Å². The zero-order valence-electron chi connectivity index (χ0n) is 14.7. The maximum absolute atomic E-state index is 9.88. The predicted molar refractivity (Wildman–Crippen MR) is 103 cm³/mol. The molecule has 4 N–H and O–H groups in total. The fourth-order valence-corrected chi connectivity index (χ4v) is 3.50. The first kappa shape index (κ1) is 17.4. The molecular weight excluding hydrogens is 312 g/mol. The summed E-state index contributed by atoms with van der Waals surface area (Å²) in [4.78, 5) is 0. The summed E-state index contributed by atoms with van der Waals surface area (Å²) >= 11 is 0. The second kappa shape index (κ2) is 7.62. The number of nitrogens with zero attached hydrogens (tertiary/aromatic N) is 1. The highest BCUT2D eigenvalue weighted by Crippen LogP contribution is 2.35. The lowest BCUT2D eigenvalue weighted by Gasteiger charge is -2.12. The number of hydrogen-bond acceptors (Lipinski definition) is 3. The maximum Gasteiger partial charge on any atom is 0.116 e. The molecule has 4 heteroatoms. The molecule has 0 saturated heterocycles. The molecule has 0 aliphatic rings. The summed E-state index contributed by atoms with van der Waals surface area (Å²) in [5.74, 6) is 0.552. The number of rotatable bonds is 7. The van der Waals surface area contributed by atoms with E-state index in [4.69, 9.17) is 5.73 Å². The minimum absolute atomic E-state index is 0.267. The molecule has 1 heterocycles. The van der Waals surface area contributed by atoms with Gasteiger partial charge in [0, 0.05) is 17.4 Å². The Morgan fingerprint density at radius 2 is 1.56 bits per heavy atom. The van der Waals surface area contributed by atoms with Gasteiger partial charge in [-0.15, -0.1) is 0 Å². The van der Waals surface area contributed by atoms with E-state index in [2.05, 4.69) is 11.5 Å². The lowest BCUT2D eigenvalue weighted by molar-refractivity contribution is 0.475. The third kappa shape index (κ3) is 3.64. The highest BCUT2D eigenvalue weighted by molar-refractivity contribution is 5.92. The van der Waals surface area contributed by atoms with E-state index in [-0.39, 0.29) is 11.5 Å². The Labute approximate surface area is 148 Å². The molecule has 0 atom stereocenters. The van der Waals surface area contributed by atoms with Crippen molar-refractivity contribution >= 4 is 10.9 Å². The minimum Gasteiger partial charge on any atom is -0.508 e. The molecule has 2 aromatic carbocycles. The largest absolute Gasteiger partial charge is 0.508 e. The van der Waals surface area contributed by atoms with Crippen LogP contribution in [0.2, 0.25) is 0 Å². The Hall–Kier alpha value is -2.46. The smallest absolute Gasteiger partial charge is 0.116 e. The fraction of sp³-hybridized carbons (Fsp3) is 0.333. The number of unbranched alkanes of at least 4 members (excludes halogenated alkanes) is 3. The van der Waals surface area contributed by atoms with Gasteiger partial charge in [-0.25, -0.2) is 0 Å². The Balaban J connectivity index is 2.02. The number of benzene rings is 2. The molecule has 0 unspecified atom stereocenters. The zero-order valence-corrected chi connectivity index (χ0v) is 14.7. The number of hydrogen-bond donors (Lipinski definition) is 3. The summed E-state index contributed by atoms with van der Waals surface area (Å²) in [5, 5.41) is 20.5. The third-order valence-corrected chi connectivity index (χ3v) is 4.78. The van der Waals surface area contributed by atoms with E-state index in [0.29, 0.717) is 0 Å². The van der Waals surface area contributed by atoms with Crippen molar-refractivity contribution in [2.75, 3.05) is 6.54 Å². The van der Waals surface area contributed by atoms with Crippen molar-refractivity contribution in [3.63, 3.8) is 0 Å². The van der Waals surface area contributed by atoms with Crippen molar-refractivity contribution in [2.24, 2.45) is 5.73 Å². The van der Waals surface area contributed by atoms with E-state index in [1.54, 1.807) is 18.2 Å². The van der Waals surface area contributed by atoms with Crippen LogP contribution in [-0.2, 0) is 6.54 Å². The summed E-state index contributed by atoms with van der Waals surface area (Å²) in [5.41, 5.74) is 10.1. The molecule has 0 radical (unpaired) electrons. The van der Waals surface area contributed by atoms with Crippen LogP contribution in [0.25, 0.3) is 22.2 Å². The Bertz CT molecular complexity index is 850. The van der Waals surface area contributed by atoms with E-state index < -0.39 is 0 Å². The van der Waals surface area contributed by atoms with Crippen molar-refractivity contribution < 1.29 is 10.2 Å². The summed E-state index contributed by atoms with van der Waals surface area (Å²) in [6.07, 6.45) is 4.48. The summed E-state index contributed by atoms with van der Waals surface area (Å²) in [6.45, 7) is 3.77. The first-order chi connectivity index (χ1) is 12.1. The topological polar surface area (TPSA) is 71.4 Å². The van der Waals surface area contributed by atoms with Crippen LogP contribution in [0, 0.1) is 6.92 Å². The van der Waals surface area contributed by atoms with Crippen molar-refractivity contribution in [1.82, 2.24) is 4.57 Å². The number of nitrogens with two attached hydrogens (primary N) is 1. The first-order valence-electron chi connectivity index (χ1n) is 8.93. The van der Waals surface area contributed by atoms with E-state index in [0.717, 1.165) is 66.5 Å². The van der Waals surface area contributed by atoms with Crippen LogP contribution in [0.3, 0.4) is 0 Å². The molecule has 3 aromatic rings. The van der Waals surface area contributed by atoms with Gasteiger partial charge in [0.25, 0.3) is 0 Å². The number of aryl methyl sites for hydroxylation is 2. The standard InChI is InChI=1S/C21H26N2O2/c1-15-19-14-18(25)10-11-20(19)23(13-5-3-2-4-12-22)21(15)16-6-8-17(24)9-7-16/h6-11,14,24-25H,2-5,12-13,22H2,1H3. The molecule has 1 aromatic heterocycles. The SMILES string of the molecule is Cc1c(-c2ccc(O)cc2)n(CCCCCCN)c2ccc(O)cc12. The molecule has 0 saturated carbocycles. The summed E-state index contributed by atoms with van der Waals surface area (Å²) in [7, 11) is 0. The Kier molecular flexibility index (Phi) is 5.29. The third-order valence-electron chi connectivity index (χ3n) is 4.78. The molecule has 4 nitrogen and oxygen atoms in total.